The van der Waals surface area contributed by atoms with Gasteiger partial charge in [0.1, 0.15) is 11.5 Å². The molecule has 39 heavy (non-hydrogen) atoms. The maximum atomic E-state index is 12.6. The van der Waals surface area contributed by atoms with Gasteiger partial charge in [0, 0.05) is 68.0 Å². The second kappa shape index (κ2) is 13.0. The first-order chi connectivity index (χ1) is 18.8. The van der Waals surface area contributed by atoms with Gasteiger partial charge >= 0.3 is 0 Å². The molecule has 0 aliphatic heterocycles. The van der Waals surface area contributed by atoms with Crippen LogP contribution in [0.1, 0.15) is 42.9 Å². The molecule has 2 atom stereocenters. The molecule has 0 saturated heterocycles. The standard InChI is InChI=1S/C29H33ClN4O5/c1-34(19-6-4-3-5-7-19)13-12-28(38)32-23-15-26(39-2)18(14-22(23)30)16-31-17-25(36)20-8-10-24(35)29-21(20)9-11-27(37)33-29/h8-11,14-15,19,25,31,35-36H,4,6-7,12-13,16-17H2,1-2H3,(H,32,38)(H,33,37)/t19?,25-/m0/s1. The number of H-pyrrole nitrogens is 1. The van der Waals surface area contributed by atoms with Gasteiger partial charge in [-0.15, -0.1) is 11.8 Å². The summed E-state index contributed by atoms with van der Waals surface area (Å²) in [6.07, 6.45) is 2.18. The Morgan fingerprint density at radius 1 is 1.28 bits per heavy atom. The molecular weight excluding hydrogens is 520 g/mol. The number of fused-ring (bicyclic) bond motifs is 1. The van der Waals surface area contributed by atoms with E-state index >= 15 is 0 Å². The zero-order valence-corrected chi connectivity index (χ0v) is 22.8. The zero-order valence-electron chi connectivity index (χ0n) is 22.0. The molecule has 1 aliphatic rings. The number of aromatic amines is 1. The number of methoxy groups -OCH3 is 1. The van der Waals surface area contributed by atoms with Gasteiger partial charge in [-0.3, -0.25) is 9.59 Å². The number of nitrogens with one attached hydrogen (secondary N) is 3. The summed E-state index contributed by atoms with van der Waals surface area (Å²) in [4.78, 5) is 29.0. The zero-order chi connectivity index (χ0) is 27.9. The van der Waals surface area contributed by atoms with Crippen LogP contribution in [0.5, 0.6) is 11.5 Å². The molecule has 1 amide bonds. The van der Waals surface area contributed by atoms with Crippen LogP contribution in [0.2, 0.25) is 5.02 Å². The number of hydrogen-bond acceptors (Lipinski definition) is 7. The van der Waals surface area contributed by atoms with E-state index in [0.29, 0.717) is 53.0 Å². The molecule has 206 valence electrons. The molecule has 1 heterocycles. The molecule has 0 saturated carbocycles. The number of phenolic OH excluding ortho intramolecular Hbond substituents is 1. The van der Waals surface area contributed by atoms with E-state index in [1.54, 1.807) is 31.4 Å². The van der Waals surface area contributed by atoms with Crippen molar-refractivity contribution in [2.75, 3.05) is 32.6 Å². The quantitative estimate of drug-likeness (QED) is 0.230. The summed E-state index contributed by atoms with van der Waals surface area (Å²) < 4.78 is 5.53. The highest BCUT2D eigenvalue weighted by atomic mass is 35.5. The summed E-state index contributed by atoms with van der Waals surface area (Å²) in [5.41, 5.74) is 1.73. The average molecular weight is 553 g/mol. The third-order valence-corrected chi connectivity index (χ3v) is 7.26. The van der Waals surface area contributed by atoms with Crippen molar-refractivity contribution in [3.05, 3.63) is 62.9 Å². The van der Waals surface area contributed by atoms with E-state index in [-0.39, 0.29) is 29.3 Å². The van der Waals surface area contributed by atoms with Crippen molar-refractivity contribution in [3.8, 4) is 23.3 Å². The fourth-order valence-electron chi connectivity index (χ4n) is 4.69. The molecule has 9 nitrogen and oxygen atoms in total. The van der Waals surface area contributed by atoms with E-state index in [4.69, 9.17) is 16.3 Å². The number of anilines is 1. The summed E-state index contributed by atoms with van der Waals surface area (Å²) in [5, 5.41) is 27.9. The number of aliphatic hydroxyl groups excluding tert-OH is 1. The maximum Gasteiger partial charge on any atom is 0.248 e. The number of aromatic hydroxyl groups is 1. The van der Waals surface area contributed by atoms with Gasteiger partial charge in [-0.1, -0.05) is 17.7 Å². The fourth-order valence-corrected chi connectivity index (χ4v) is 4.92. The number of benzene rings is 2. The number of hydrogen-bond donors (Lipinski definition) is 5. The van der Waals surface area contributed by atoms with Crippen LogP contribution in [0.3, 0.4) is 0 Å². The number of phenols is 1. The number of nitrogens with zero attached hydrogens (tertiary/aromatic N) is 1. The Hall–Kier alpha value is -3.55. The van der Waals surface area contributed by atoms with Crippen molar-refractivity contribution in [3.63, 3.8) is 0 Å². The number of pyridine rings is 1. The molecule has 0 fully saturated rings. The Kier molecular flexibility index (Phi) is 9.49. The molecule has 3 aromatic rings. The van der Waals surface area contributed by atoms with Crippen molar-refractivity contribution in [1.82, 2.24) is 15.2 Å². The van der Waals surface area contributed by atoms with Gasteiger partial charge < -0.3 is 35.5 Å². The highest BCUT2D eigenvalue weighted by molar-refractivity contribution is 6.33. The van der Waals surface area contributed by atoms with Crippen LogP contribution in [-0.2, 0) is 11.3 Å². The van der Waals surface area contributed by atoms with Crippen molar-refractivity contribution in [2.24, 2.45) is 0 Å². The Bertz CT molecular complexity index is 1460. The number of ether oxygens (including phenoxy) is 1. The van der Waals surface area contributed by atoms with Crippen LogP contribution >= 0.6 is 11.6 Å². The summed E-state index contributed by atoms with van der Waals surface area (Å²) in [7, 11) is 3.56. The first-order valence-electron chi connectivity index (χ1n) is 12.8. The molecule has 10 heteroatoms. The number of amides is 1. The predicted octanol–water partition coefficient (Wildman–Crippen LogP) is 3.54. The smallest absolute Gasteiger partial charge is 0.248 e. The van der Waals surface area contributed by atoms with Crippen molar-refractivity contribution < 1.29 is 19.7 Å². The number of aromatic nitrogens is 1. The van der Waals surface area contributed by atoms with Crippen molar-refractivity contribution >= 4 is 34.1 Å². The Labute approximate surface area is 232 Å². The minimum atomic E-state index is -0.905. The van der Waals surface area contributed by atoms with E-state index in [1.165, 1.54) is 12.1 Å². The second-order valence-corrected chi connectivity index (χ2v) is 10.0. The van der Waals surface area contributed by atoms with Gasteiger partial charge in [0.05, 0.1) is 29.4 Å². The topological polar surface area (TPSA) is 127 Å². The molecule has 4 rings (SSSR count). The third-order valence-electron chi connectivity index (χ3n) is 6.94. The van der Waals surface area contributed by atoms with Crippen molar-refractivity contribution in [1.29, 1.82) is 0 Å². The highest BCUT2D eigenvalue weighted by Gasteiger charge is 2.18. The average Bonchev–Trinajstić information content (AvgIpc) is 2.94. The van der Waals surface area contributed by atoms with Crippen LogP contribution in [0, 0.1) is 11.8 Å². The molecule has 1 aliphatic carbocycles. The fraction of sp³-hybridized carbons (Fsp3) is 0.379. The van der Waals surface area contributed by atoms with Gasteiger partial charge in [-0.2, -0.15) is 0 Å². The molecule has 1 aromatic heterocycles. The van der Waals surface area contributed by atoms with Crippen LogP contribution < -0.4 is 20.9 Å². The Morgan fingerprint density at radius 3 is 2.85 bits per heavy atom. The molecule has 0 bridgehead atoms. The maximum absolute atomic E-state index is 12.6. The van der Waals surface area contributed by atoms with Gasteiger partial charge in [-0.05, 0) is 37.2 Å². The van der Waals surface area contributed by atoms with E-state index < -0.39 is 6.10 Å². The van der Waals surface area contributed by atoms with E-state index in [0.717, 1.165) is 24.8 Å². The first kappa shape index (κ1) is 28.5. The summed E-state index contributed by atoms with van der Waals surface area (Å²) in [5.74, 6) is 6.59. The minimum Gasteiger partial charge on any atom is -0.506 e. The molecule has 0 radical (unpaired) electrons. The monoisotopic (exact) mass is 552 g/mol. The number of rotatable bonds is 11. The van der Waals surface area contributed by atoms with Crippen LogP contribution in [0.15, 0.2) is 41.2 Å². The first-order valence-corrected chi connectivity index (χ1v) is 13.2. The van der Waals surface area contributed by atoms with Crippen LogP contribution in [0.25, 0.3) is 10.9 Å². The SMILES string of the molecule is COc1cc(NC(=O)CCN(C)C2CC#CCC2)c(Cl)cc1CNC[C@H](O)c1ccc(O)c2[nH]c(=O)ccc12. The third kappa shape index (κ3) is 7.11. The lowest BCUT2D eigenvalue weighted by atomic mass is 10.0. The van der Waals surface area contributed by atoms with Gasteiger partial charge in [-0.25, -0.2) is 0 Å². The largest absolute Gasteiger partial charge is 0.506 e. The van der Waals surface area contributed by atoms with Crippen molar-refractivity contribution in [2.45, 2.75) is 44.4 Å². The van der Waals surface area contributed by atoms with Gasteiger partial charge in [0.25, 0.3) is 0 Å². The number of carbonyl (C=O) groups is 1. The number of halogens is 1. The molecular formula is C29H33ClN4O5. The lowest BCUT2D eigenvalue weighted by Crippen LogP contribution is -2.34. The highest BCUT2D eigenvalue weighted by Crippen LogP contribution is 2.32. The lowest BCUT2D eigenvalue weighted by molar-refractivity contribution is -0.116. The molecule has 5 N–H and O–H groups in total. The van der Waals surface area contributed by atoms with E-state index in [9.17, 15) is 19.8 Å². The minimum absolute atomic E-state index is 0.0655. The lowest BCUT2D eigenvalue weighted by Gasteiger charge is -2.27. The predicted molar refractivity (Wildman–Crippen MR) is 152 cm³/mol. The van der Waals surface area contributed by atoms with E-state index in [2.05, 4.69) is 32.4 Å². The summed E-state index contributed by atoms with van der Waals surface area (Å²) in [6.45, 7) is 1.16. The van der Waals surface area contributed by atoms with Gasteiger partial charge in [0.15, 0.2) is 0 Å². The van der Waals surface area contributed by atoms with E-state index in [1.807, 2.05) is 7.05 Å². The summed E-state index contributed by atoms with van der Waals surface area (Å²) in [6, 6.07) is 9.78. The Morgan fingerprint density at radius 2 is 2.10 bits per heavy atom. The number of aliphatic hydroxyl groups is 1. The van der Waals surface area contributed by atoms with Gasteiger partial charge in [0.2, 0.25) is 11.5 Å². The second-order valence-electron chi connectivity index (χ2n) is 9.60. The molecule has 1 unspecified atom stereocenters. The molecule has 2 aromatic carbocycles. The molecule has 0 spiro atoms. The summed E-state index contributed by atoms with van der Waals surface area (Å²) >= 11 is 6.49. The van der Waals surface area contributed by atoms with Crippen LogP contribution in [-0.4, -0.2) is 59.3 Å². The Balaban J connectivity index is 1.35. The normalized spacial score (nSPS) is 15.6. The van der Waals surface area contributed by atoms with Crippen LogP contribution in [0.4, 0.5) is 5.69 Å². The number of carbonyl (C=O) groups excluding carboxylic acids is 1.